The Kier molecular flexibility index (Phi) is 3.87. The van der Waals surface area contributed by atoms with E-state index in [1.165, 1.54) is 24.5 Å². The fourth-order valence-electron chi connectivity index (χ4n) is 0.933. The minimum Gasteiger partial charge on any atom is -0.619 e. The van der Waals surface area contributed by atoms with E-state index in [4.69, 9.17) is 4.74 Å². The second-order valence-corrected chi connectivity index (χ2v) is 2.70. The number of pyridine rings is 1. The van der Waals surface area contributed by atoms with Gasteiger partial charge in [-0.25, -0.2) is 0 Å². The van der Waals surface area contributed by atoms with Crippen molar-refractivity contribution in [2.75, 3.05) is 20.3 Å². The summed E-state index contributed by atoms with van der Waals surface area (Å²) in [7, 11) is 1.56. The number of methoxy groups -OCH3 is 1. The Balaban J connectivity index is 2.48. The van der Waals surface area contributed by atoms with E-state index in [-0.39, 0.29) is 5.91 Å². The average Bonchev–Trinajstić information content (AvgIpc) is 2.19. The maximum absolute atomic E-state index is 11.4. The van der Waals surface area contributed by atoms with E-state index < -0.39 is 0 Å². The number of nitrogens with zero attached hydrogens (tertiary/aromatic N) is 1. The molecule has 0 aliphatic carbocycles. The number of rotatable bonds is 4. The summed E-state index contributed by atoms with van der Waals surface area (Å²) < 4.78 is 5.41. The lowest BCUT2D eigenvalue weighted by Gasteiger charge is -2.03. The lowest BCUT2D eigenvalue weighted by molar-refractivity contribution is -0.605. The van der Waals surface area contributed by atoms with Gasteiger partial charge in [-0.1, -0.05) is 0 Å². The molecule has 1 rings (SSSR count). The first-order valence-electron chi connectivity index (χ1n) is 4.20. The van der Waals surface area contributed by atoms with Gasteiger partial charge < -0.3 is 15.3 Å². The molecule has 0 aliphatic rings. The molecule has 0 unspecified atom stereocenters. The van der Waals surface area contributed by atoms with Crippen LogP contribution >= 0.6 is 0 Å². The molecular formula is C9H12N2O3. The molecule has 14 heavy (non-hydrogen) atoms. The van der Waals surface area contributed by atoms with Crippen LogP contribution in [-0.4, -0.2) is 26.2 Å². The summed E-state index contributed by atoms with van der Waals surface area (Å²) in [4.78, 5) is 11.4. The number of carbonyl (C=O) groups excluding carboxylic acids is 1. The number of ether oxygens (including phenoxy) is 1. The van der Waals surface area contributed by atoms with Crippen LogP contribution in [0.5, 0.6) is 0 Å². The molecule has 0 aromatic carbocycles. The Morgan fingerprint density at radius 3 is 2.79 bits per heavy atom. The summed E-state index contributed by atoms with van der Waals surface area (Å²) in [5.41, 5.74) is 0.466. The van der Waals surface area contributed by atoms with Crippen LogP contribution in [0.1, 0.15) is 10.4 Å². The van der Waals surface area contributed by atoms with E-state index in [1.807, 2.05) is 0 Å². The zero-order valence-corrected chi connectivity index (χ0v) is 7.90. The number of nitrogens with one attached hydrogen (secondary N) is 1. The summed E-state index contributed by atoms with van der Waals surface area (Å²) in [6.07, 6.45) is 2.57. The van der Waals surface area contributed by atoms with E-state index in [2.05, 4.69) is 5.32 Å². The molecule has 0 aliphatic heterocycles. The Morgan fingerprint density at radius 1 is 1.57 bits per heavy atom. The highest BCUT2D eigenvalue weighted by Crippen LogP contribution is 1.93. The van der Waals surface area contributed by atoms with Crippen molar-refractivity contribution >= 4 is 5.91 Å². The van der Waals surface area contributed by atoms with Gasteiger partial charge in [0.25, 0.3) is 5.91 Å². The third-order valence-electron chi connectivity index (χ3n) is 1.66. The minimum atomic E-state index is -0.206. The van der Waals surface area contributed by atoms with Gasteiger partial charge in [-0.2, -0.15) is 4.73 Å². The molecule has 1 N–H and O–H groups in total. The lowest BCUT2D eigenvalue weighted by atomic mass is 10.2. The number of aromatic nitrogens is 1. The third-order valence-corrected chi connectivity index (χ3v) is 1.66. The standard InChI is InChI=1S/C9H12N2O3/c1-14-7-4-10-9(12)8-2-5-11(13)6-3-8/h2-3,5-6H,4,7H2,1H3,(H,10,12). The predicted octanol–water partition coefficient (Wildman–Crippen LogP) is -0.304. The highest BCUT2D eigenvalue weighted by atomic mass is 16.5. The van der Waals surface area contributed by atoms with Crippen LogP contribution in [0.15, 0.2) is 24.5 Å². The van der Waals surface area contributed by atoms with Crippen LogP contribution in [0, 0.1) is 5.21 Å². The quantitative estimate of drug-likeness (QED) is 0.408. The molecule has 0 fully saturated rings. The topological polar surface area (TPSA) is 65.3 Å². The molecule has 1 aromatic heterocycles. The molecule has 76 valence electrons. The van der Waals surface area contributed by atoms with Crippen molar-refractivity contribution in [2.45, 2.75) is 0 Å². The van der Waals surface area contributed by atoms with Crippen molar-refractivity contribution in [3.8, 4) is 0 Å². The molecule has 1 aromatic rings. The van der Waals surface area contributed by atoms with Crippen LogP contribution < -0.4 is 10.0 Å². The van der Waals surface area contributed by atoms with Crippen molar-refractivity contribution in [3.63, 3.8) is 0 Å². The Morgan fingerprint density at radius 2 is 2.21 bits per heavy atom. The fraction of sp³-hybridized carbons (Fsp3) is 0.333. The molecule has 5 nitrogen and oxygen atoms in total. The minimum absolute atomic E-state index is 0.206. The highest BCUT2D eigenvalue weighted by molar-refractivity contribution is 5.93. The SMILES string of the molecule is COCCNC(=O)c1cc[n+]([O-])cc1. The predicted molar refractivity (Wildman–Crippen MR) is 49.6 cm³/mol. The average molecular weight is 196 g/mol. The van der Waals surface area contributed by atoms with Gasteiger partial charge in [0, 0.05) is 25.8 Å². The molecule has 0 bridgehead atoms. The smallest absolute Gasteiger partial charge is 0.251 e. The molecular weight excluding hydrogens is 184 g/mol. The first-order valence-corrected chi connectivity index (χ1v) is 4.20. The second kappa shape index (κ2) is 5.18. The highest BCUT2D eigenvalue weighted by Gasteiger charge is 2.04. The maximum atomic E-state index is 11.4. The van der Waals surface area contributed by atoms with Crippen molar-refractivity contribution in [1.29, 1.82) is 0 Å². The first-order chi connectivity index (χ1) is 6.74. The van der Waals surface area contributed by atoms with Crippen molar-refractivity contribution < 1.29 is 14.3 Å². The van der Waals surface area contributed by atoms with Crippen molar-refractivity contribution in [3.05, 3.63) is 35.3 Å². The Hall–Kier alpha value is -1.62. The van der Waals surface area contributed by atoms with E-state index in [9.17, 15) is 10.0 Å². The largest absolute Gasteiger partial charge is 0.619 e. The molecule has 0 atom stereocenters. The summed E-state index contributed by atoms with van der Waals surface area (Å²) in [6.45, 7) is 0.932. The van der Waals surface area contributed by atoms with E-state index >= 15 is 0 Å². The molecule has 0 saturated heterocycles. The molecule has 5 heteroatoms. The van der Waals surface area contributed by atoms with E-state index in [1.54, 1.807) is 7.11 Å². The number of hydrogen-bond acceptors (Lipinski definition) is 3. The monoisotopic (exact) mass is 196 g/mol. The summed E-state index contributed by atoms with van der Waals surface area (Å²) >= 11 is 0. The van der Waals surface area contributed by atoms with Gasteiger partial charge in [-0.05, 0) is 0 Å². The maximum Gasteiger partial charge on any atom is 0.251 e. The Labute approximate surface area is 81.9 Å². The number of carbonyl (C=O) groups is 1. The van der Waals surface area contributed by atoms with Crippen LogP contribution in [0.3, 0.4) is 0 Å². The van der Waals surface area contributed by atoms with Crippen molar-refractivity contribution in [1.82, 2.24) is 5.32 Å². The second-order valence-electron chi connectivity index (χ2n) is 2.70. The van der Waals surface area contributed by atoms with Crippen LogP contribution in [0.25, 0.3) is 0 Å². The zero-order valence-electron chi connectivity index (χ0n) is 7.90. The van der Waals surface area contributed by atoms with Gasteiger partial charge in [0.1, 0.15) is 0 Å². The molecule has 1 amide bonds. The third kappa shape index (κ3) is 3.02. The summed E-state index contributed by atoms with van der Waals surface area (Å²) in [5.74, 6) is -0.206. The zero-order chi connectivity index (χ0) is 10.4. The Bertz CT molecular complexity index is 297. The summed E-state index contributed by atoms with van der Waals surface area (Å²) in [6, 6.07) is 2.93. The van der Waals surface area contributed by atoms with Gasteiger partial charge in [0.2, 0.25) is 0 Å². The molecule has 1 heterocycles. The van der Waals surface area contributed by atoms with Gasteiger partial charge in [0.05, 0.1) is 12.2 Å². The molecule has 0 radical (unpaired) electrons. The van der Waals surface area contributed by atoms with E-state index in [0.717, 1.165) is 0 Å². The van der Waals surface area contributed by atoms with Crippen LogP contribution in [0.2, 0.25) is 0 Å². The number of hydrogen-bond donors (Lipinski definition) is 1. The number of amides is 1. The normalized spacial score (nSPS) is 9.79. The lowest BCUT2D eigenvalue weighted by Crippen LogP contribution is -2.29. The summed E-state index contributed by atoms with van der Waals surface area (Å²) in [5, 5.41) is 13.3. The fourth-order valence-corrected chi connectivity index (χ4v) is 0.933. The molecule has 0 spiro atoms. The van der Waals surface area contributed by atoms with Crippen LogP contribution in [0.4, 0.5) is 0 Å². The van der Waals surface area contributed by atoms with Gasteiger partial charge >= 0.3 is 0 Å². The van der Waals surface area contributed by atoms with Crippen LogP contribution in [-0.2, 0) is 4.74 Å². The van der Waals surface area contributed by atoms with E-state index in [0.29, 0.717) is 23.4 Å². The van der Waals surface area contributed by atoms with Gasteiger partial charge in [-0.3, -0.25) is 4.79 Å². The molecule has 0 saturated carbocycles. The van der Waals surface area contributed by atoms with Gasteiger partial charge in [0.15, 0.2) is 12.4 Å². The van der Waals surface area contributed by atoms with Crippen molar-refractivity contribution in [2.24, 2.45) is 0 Å². The first kappa shape index (κ1) is 10.5. The van der Waals surface area contributed by atoms with Gasteiger partial charge in [-0.15, -0.1) is 0 Å².